The van der Waals surface area contributed by atoms with E-state index in [1.54, 1.807) is 36.4 Å². The van der Waals surface area contributed by atoms with Crippen molar-refractivity contribution in [3.8, 4) is 0 Å². The summed E-state index contributed by atoms with van der Waals surface area (Å²) >= 11 is 25.9. The van der Waals surface area contributed by atoms with E-state index in [-0.39, 0.29) is 49.7 Å². The van der Waals surface area contributed by atoms with Crippen LogP contribution in [-0.4, -0.2) is 43.8 Å². The highest BCUT2D eigenvalue weighted by Crippen LogP contribution is 2.36. The van der Waals surface area contributed by atoms with Crippen molar-refractivity contribution in [1.82, 2.24) is 10.2 Å². The first-order chi connectivity index (χ1) is 21.4. The van der Waals surface area contributed by atoms with E-state index in [2.05, 4.69) is 5.32 Å². The first kappa shape index (κ1) is 34.6. The molecular formula is C33H31Cl4N3O4S. The summed E-state index contributed by atoms with van der Waals surface area (Å²) in [5, 5.41) is 3.53. The van der Waals surface area contributed by atoms with Crippen LogP contribution in [0.3, 0.4) is 0 Å². The topological polar surface area (TPSA) is 86.8 Å². The van der Waals surface area contributed by atoms with Gasteiger partial charge in [0.05, 0.1) is 20.6 Å². The minimum atomic E-state index is -4.34. The number of nitrogens with zero attached hydrogens (tertiary/aromatic N) is 2. The molecule has 0 spiro atoms. The predicted molar refractivity (Wildman–Crippen MR) is 182 cm³/mol. The van der Waals surface area contributed by atoms with Crippen LogP contribution in [0, 0.1) is 0 Å². The van der Waals surface area contributed by atoms with E-state index in [0.717, 1.165) is 9.87 Å². The summed E-state index contributed by atoms with van der Waals surface area (Å²) in [6, 6.07) is 25.0. The van der Waals surface area contributed by atoms with E-state index in [4.69, 9.17) is 46.4 Å². The van der Waals surface area contributed by atoms with Gasteiger partial charge in [-0.3, -0.25) is 13.9 Å². The highest BCUT2D eigenvalue weighted by Gasteiger charge is 2.36. The molecule has 1 N–H and O–H groups in total. The summed E-state index contributed by atoms with van der Waals surface area (Å²) in [5.41, 5.74) is 1.20. The number of carbonyl (C=O) groups excluding carboxylic acids is 2. The average Bonchev–Trinajstić information content (AvgIpc) is 3.01. The normalized spacial score (nSPS) is 12.1. The predicted octanol–water partition coefficient (Wildman–Crippen LogP) is 7.66. The van der Waals surface area contributed by atoms with Gasteiger partial charge < -0.3 is 10.2 Å². The van der Waals surface area contributed by atoms with Crippen molar-refractivity contribution < 1.29 is 18.0 Å². The molecule has 1 atom stereocenters. The summed E-state index contributed by atoms with van der Waals surface area (Å²) in [7, 11) is -4.34. The molecular weight excluding hydrogens is 676 g/mol. The van der Waals surface area contributed by atoms with Gasteiger partial charge >= 0.3 is 0 Å². The second kappa shape index (κ2) is 15.3. The van der Waals surface area contributed by atoms with Gasteiger partial charge in [-0.1, -0.05) is 107 Å². The van der Waals surface area contributed by atoms with Gasteiger partial charge in [0.1, 0.15) is 12.6 Å². The summed E-state index contributed by atoms with van der Waals surface area (Å²) in [6.45, 7) is 2.73. The van der Waals surface area contributed by atoms with E-state index < -0.39 is 34.4 Å². The zero-order valence-electron chi connectivity index (χ0n) is 24.5. The molecule has 12 heteroatoms. The van der Waals surface area contributed by atoms with Gasteiger partial charge in [-0.05, 0) is 55.8 Å². The molecule has 0 aliphatic rings. The van der Waals surface area contributed by atoms with E-state index in [1.165, 1.54) is 35.2 Å². The Morgan fingerprint density at radius 3 is 1.91 bits per heavy atom. The van der Waals surface area contributed by atoms with Crippen molar-refractivity contribution >= 4 is 73.9 Å². The number of benzene rings is 4. The van der Waals surface area contributed by atoms with Crippen molar-refractivity contribution in [2.75, 3.05) is 10.8 Å². The van der Waals surface area contributed by atoms with Crippen LogP contribution in [0.1, 0.15) is 25.0 Å². The van der Waals surface area contributed by atoms with Crippen molar-refractivity contribution in [3.05, 3.63) is 128 Å². The fourth-order valence-corrected chi connectivity index (χ4v) is 7.12. The van der Waals surface area contributed by atoms with Gasteiger partial charge in [-0.15, -0.1) is 0 Å². The van der Waals surface area contributed by atoms with Gasteiger partial charge in [0.2, 0.25) is 11.8 Å². The van der Waals surface area contributed by atoms with Crippen molar-refractivity contribution in [2.24, 2.45) is 0 Å². The minimum absolute atomic E-state index is 0.00309. The number of rotatable bonds is 12. The van der Waals surface area contributed by atoms with Crippen LogP contribution in [0.5, 0.6) is 0 Å². The maximum Gasteiger partial charge on any atom is 0.264 e. The third-order valence-electron chi connectivity index (χ3n) is 6.90. The Hall–Kier alpha value is -3.27. The quantitative estimate of drug-likeness (QED) is 0.164. The second-order valence-corrected chi connectivity index (χ2v) is 14.0. The average molecular weight is 708 g/mol. The third-order valence-corrected chi connectivity index (χ3v) is 10.2. The van der Waals surface area contributed by atoms with Gasteiger partial charge in [-0.2, -0.15) is 0 Å². The number of nitrogens with one attached hydrogen (secondary N) is 1. The molecule has 4 aromatic rings. The number of sulfonamides is 1. The Balaban J connectivity index is 1.86. The largest absolute Gasteiger partial charge is 0.352 e. The summed E-state index contributed by atoms with van der Waals surface area (Å²) < 4.78 is 29.1. The number of carbonyl (C=O) groups is 2. The van der Waals surface area contributed by atoms with Crippen LogP contribution < -0.4 is 9.62 Å². The molecule has 2 amide bonds. The lowest BCUT2D eigenvalue weighted by Crippen LogP contribution is -2.54. The first-order valence-electron chi connectivity index (χ1n) is 14.0. The summed E-state index contributed by atoms with van der Waals surface area (Å²) in [5.74, 6) is -1.12. The molecule has 0 aliphatic heterocycles. The van der Waals surface area contributed by atoms with E-state index >= 15 is 0 Å². The summed E-state index contributed by atoms with van der Waals surface area (Å²) in [4.78, 5) is 29.6. The van der Waals surface area contributed by atoms with Gasteiger partial charge in [0.15, 0.2) is 0 Å². The van der Waals surface area contributed by atoms with Crippen LogP contribution >= 0.6 is 46.4 Å². The molecule has 0 aliphatic carbocycles. The Kier molecular flexibility index (Phi) is 11.8. The Morgan fingerprint density at radius 2 is 1.31 bits per heavy atom. The van der Waals surface area contributed by atoms with Gasteiger partial charge in [0.25, 0.3) is 10.0 Å². The smallest absolute Gasteiger partial charge is 0.264 e. The number of hydrogen-bond acceptors (Lipinski definition) is 4. The molecule has 4 aromatic carbocycles. The lowest BCUT2D eigenvalue weighted by Gasteiger charge is -2.34. The standard InChI is InChI=1S/C33H31Cl4N3O4S/c1-22(2)38-33(42)30(19-23-11-5-3-6-12-23)39(20-25-26(34)15-9-16-27(25)35)31(41)21-40(29-18-10-17-28(36)32(29)37)45(43,44)24-13-7-4-8-14-24/h3-18,22,30H,19-21H2,1-2H3,(H,38,42). The Bertz CT molecular complexity index is 1740. The minimum Gasteiger partial charge on any atom is -0.352 e. The van der Waals surface area contributed by atoms with Crippen LogP contribution in [0.4, 0.5) is 5.69 Å². The number of halogens is 4. The fraction of sp³-hybridized carbons (Fsp3) is 0.212. The number of hydrogen-bond donors (Lipinski definition) is 1. The van der Waals surface area contributed by atoms with E-state index in [1.807, 2.05) is 44.2 Å². The molecule has 0 saturated heterocycles. The molecule has 1 unspecified atom stereocenters. The lowest BCUT2D eigenvalue weighted by atomic mass is 10.0. The zero-order valence-corrected chi connectivity index (χ0v) is 28.3. The second-order valence-electron chi connectivity index (χ2n) is 10.5. The molecule has 0 aromatic heterocycles. The Morgan fingerprint density at radius 1 is 0.756 bits per heavy atom. The van der Waals surface area contributed by atoms with E-state index in [9.17, 15) is 18.0 Å². The summed E-state index contributed by atoms with van der Waals surface area (Å²) in [6.07, 6.45) is 0.135. The van der Waals surface area contributed by atoms with Crippen LogP contribution in [-0.2, 0) is 32.6 Å². The maximum atomic E-state index is 14.5. The molecule has 0 radical (unpaired) electrons. The highest BCUT2D eigenvalue weighted by atomic mass is 35.5. The van der Waals surface area contributed by atoms with Gasteiger partial charge in [-0.25, -0.2) is 8.42 Å². The molecule has 0 saturated carbocycles. The molecule has 0 heterocycles. The number of anilines is 1. The Labute approximate surface area is 283 Å². The van der Waals surface area contributed by atoms with Crippen LogP contribution in [0.15, 0.2) is 102 Å². The molecule has 0 fully saturated rings. The van der Waals surface area contributed by atoms with Crippen LogP contribution in [0.2, 0.25) is 20.1 Å². The van der Waals surface area contributed by atoms with E-state index in [0.29, 0.717) is 5.56 Å². The zero-order chi connectivity index (χ0) is 32.7. The maximum absolute atomic E-state index is 14.5. The third kappa shape index (κ3) is 8.51. The van der Waals surface area contributed by atoms with Gasteiger partial charge in [0, 0.05) is 34.6 Å². The van der Waals surface area contributed by atoms with Crippen molar-refractivity contribution in [3.63, 3.8) is 0 Å². The monoisotopic (exact) mass is 705 g/mol. The lowest BCUT2D eigenvalue weighted by molar-refractivity contribution is -0.140. The highest BCUT2D eigenvalue weighted by molar-refractivity contribution is 7.92. The SMILES string of the molecule is CC(C)NC(=O)C(Cc1ccccc1)N(Cc1c(Cl)cccc1Cl)C(=O)CN(c1cccc(Cl)c1Cl)S(=O)(=O)c1ccccc1. The van der Waals surface area contributed by atoms with Crippen molar-refractivity contribution in [2.45, 2.75) is 43.8 Å². The van der Waals surface area contributed by atoms with Crippen LogP contribution in [0.25, 0.3) is 0 Å². The molecule has 236 valence electrons. The molecule has 45 heavy (non-hydrogen) atoms. The first-order valence-corrected chi connectivity index (χ1v) is 16.9. The van der Waals surface area contributed by atoms with Crippen molar-refractivity contribution in [1.29, 1.82) is 0 Å². The fourth-order valence-electron chi connectivity index (χ4n) is 4.71. The molecule has 4 rings (SSSR count). The molecule has 7 nitrogen and oxygen atoms in total. The number of amides is 2. The molecule has 0 bridgehead atoms.